The lowest BCUT2D eigenvalue weighted by molar-refractivity contribution is -0.0881. The molecule has 2 aromatic heterocycles. The van der Waals surface area contributed by atoms with E-state index >= 15 is 0 Å². The van der Waals surface area contributed by atoms with Crippen LogP contribution in [0.15, 0.2) is 30.6 Å². The number of pyridine rings is 1. The average Bonchev–Trinajstić information content (AvgIpc) is 3.28. The number of rotatable bonds is 3. The first kappa shape index (κ1) is 17.0. The van der Waals surface area contributed by atoms with Crippen LogP contribution in [0.2, 0.25) is 0 Å². The lowest BCUT2D eigenvalue weighted by atomic mass is 9.75. The highest BCUT2D eigenvalue weighted by atomic mass is 32.1. The number of nitrogens with zero attached hydrogens (tertiary/aromatic N) is 4. The number of carbonyl (C=O) groups is 1. The van der Waals surface area contributed by atoms with Gasteiger partial charge in [-0.1, -0.05) is 0 Å². The maximum atomic E-state index is 12.7. The van der Waals surface area contributed by atoms with Crippen molar-refractivity contribution in [2.24, 2.45) is 5.92 Å². The van der Waals surface area contributed by atoms with E-state index in [1.165, 1.54) is 0 Å². The number of amides is 1. The third kappa shape index (κ3) is 2.80. The highest BCUT2D eigenvalue weighted by Crippen LogP contribution is 2.45. The van der Waals surface area contributed by atoms with E-state index in [1.54, 1.807) is 11.3 Å². The molecule has 2 bridgehead atoms. The zero-order valence-corrected chi connectivity index (χ0v) is 16.5. The Kier molecular flexibility index (Phi) is 3.91. The summed E-state index contributed by atoms with van der Waals surface area (Å²) in [5.41, 5.74) is 1.82. The number of ether oxygens (including phenoxy) is 1. The number of fused-ring (bicyclic) bond motifs is 2. The van der Waals surface area contributed by atoms with Crippen molar-refractivity contribution in [3.05, 3.63) is 30.6 Å². The van der Waals surface area contributed by atoms with Gasteiger partial charge in [0.1, 0.15) is 10.6 Å². The van der Waals surface area contributed by atoms with E-state index in [0.29, 0.717) is 12.5 Å². The molecule has 1 atom stereocenters. The largest absolute Gasteiger partial charge is 0.439 e. The number of piperidine rings is 3. The molecule has 6 rings (SSSR count). The van der Waals surface area contributed by atoms with Gasteiger partial charge in [0.05, 0.1) is 18.4 Å². The molecule has 2 aromatic rings. The van der Waals surface area contributed by atoms with Gasteiger partial charge in [0, 0.05) is 43.2 Å². The molecule has 4 aliphatic rings. The second kappa shape index (κ2) is 6.21. The van der Waals surface area contributed by atoms with Crippen molar-refractivity contribution in [1.82, 2.24) is 9.88 Å². The molecule has 1 spiro atoms. The molecule has 1 unspecified atom stereocenters. The fraction of sp³-hybridized carbons (Fsp3) is 0.500. The Hall–Kier alpha value is -2.12. The molecule has 4 saturated heterocycles. The zero-order chi connectivity index (χ0) is 18.6. The number of carbonyl (C=O) groups excluding carboxylic acids is 1. The van der Waals surface area contributed by atoms with Crippen molar-refractivity contribution in [2.45, 2.75) is 18.4 Å². The smallest absolute Gasteiger partial charge is 0.415 e. The summed E-state index contributed by atoms with van der Waals surface area (Å²) >= 11 is 1.63. The van der Waals surface area contributed by atoms with E-state index in [-0.39, 0.29) is 11.7 Å². The monoisotopic (exact) mass is 384 g/mol. The van der Waals surface area contributed by atoms with Gasteiger partial charge in [0.25, 0.3) is 0 Å². The molecule has 0 aromatic carbocycles. The first-order chi connectivity index (χ1) is 13.0. The van der Waals surface area contributed by atoms with Gasteiger partial charge < -0.3 is 9.64 Å². The van der Waals surface area contributed by atoms with E-state index in [1.807, 2.05) is 42.4 Å². The third-order valence-electron chi connectivity index (χ3n) is 6.14. The van der Waals surface area contributed by atoms with Crippen LogP contribution in [0.1, 0.15) is 12.8 Å². The molecule has 0 saturated carbocycles. The maximum absolute atomic E-state index is 12.7. The Morgan fingerprint density at radius 3 is 2.74 bits per heavy atom. The lowest BCUT2D eigenvalue weighted by Gasteiger charge is -2.49. The number of anilines is 2. The first-order valence-corrected chi connectivity index (χ1v) is 10.3. The number of hydrogen-bond donors (Lipinski definition) is 0. The molecule has 27 heavy (non-hydrogen) atoms. The predicted molar refractivity (Wildman–Crippen MR) is 108 cm³/mol. The standard InChI is InChI=1S/C20H24N4O2S/c1-22(2)16-9-14(10-21-11-16)17-3-4-18(27-17)24-13-20(26-19(24)25)12-23-7-5-15(20)6-8-23/h3-4,9-11,15H,5-8,12-13H2,1-2H3. The summed E-state index contributed by atoms with van der Waals surface area (Å²) < 4.78 is 5.99. The summed E-state index contributed by atoms with van der Waals surface area (Å²) in [6.07, 6.45) is 5.81. The molecule has 4 fully saturated rings. The van der Waals surface area contributed by atoms with Gasteiger partial charge in [0.15, 0.2) is 0 Å². The van der Waals surface area contributed by atoms with E-state index in [9.17, 15) is 4.79 Å². The molecule has 142 valence electrons. The molecular weight excluding hydrogens is 360 g/mol. The van der Waals surface area contributed by atoms with Gasteiger partial charge in [-0.3, -0.25) is 14.8 Å². The third-order valence-corrected chi connectivity index (χ3v) is 7.30. The summed E-state index contributed by atoms with van der Waals surface area (Å²) in [5.74, 6) is 0.497. The average molecular weight is 385 g/mol. The van der Waals surface area contributed by atoms with Crippen LogP contribution >= 0.6 is 11.3 Å². The van der Waals surface area contributed by atoms with Crippen LogP contribution < -0.4 is 9.80 Å². The Balaban J connectivity index is 1.40. The molecular formula is C20H24N4O2S. The van der Waals surface area contributed by atoms with Crippen LogP contribution in [0.4, 0.5) is 15.5 Å². The summed E-state index contributed by atoms with van der Waals surface area (Å²) in [5, 5.41) is 0.957. The van der Waals surface area contributed by atoms with Crippen molar-refractivity contribution >= 4 is 28.1 Å². The van der Waals surface area contributed by atoms with Crippen molar-refractivity contribution < 1.29 is 9.53 Å². The van der Waals surface area contributed by atoms with Crippen LogP contribution in [-0.2, 0) is 4.74 Å². The summed E-state index contributed by atoms with van der Waals surface area (Å²) in [4.78, 5) is 24.5. The minimum Gasteiger partial charge on any atom is -0.439 e. The zero-order valence-electron chi connectivity index (χ0n) is 15.7. The van der Waals surface area contributed by atoms with Crippen LogP contribution in [0.5, 0.6) is 0 Å². The minimum absolute atomic E-state index is 0.197. The van der Waals surface area contributed by atoms with E-state index in [2.05, 4.69) is 22.0 Å². The normalized spacial score (nSPS) is 29.4. The van der Waals surface area contributed by atoms with E-state index in [4.69, 9.17) is 4.74 Å². The van der Waals surface area contributed by atoms with Crippen LogP contribution in [0, 0.1) is 5.92 Å². The van der Waals surface area contributed by atoms with Crippen LogP contribution in [-0.4, -0.2) is 61.9 Å². The fourth-order valence-corrected chi connectivity index (χ4v) is 5.59. The molecule has 7 heteroatoms. The Bertz CT molecular complexity index is 874. The molecule has 0 aliphatic carbocycles. The van der Waals surface area contributed by atoms with Crippen molar-refractivity contribution in [3.8, 4) is 10.4 Å². The Morgan fingerprint density at radius 1 is 1.22 bits per heavy atom. The quantitative estimate of drug-likeness (QED) is 0.813. The highest BCUT2D eigenvalue weighted by Gasteiger charge is 2.55. The van der Waals surface area contributed by atoms with E-state index < -0.39 is 0 Å². The van der Waals surface area contributed by atoms with Crippen molar-refractivity contribution in [3.63, 3.8) is 0 Å². The van der Waals surface area contributed by atoms with Gasteiger partial charge >= 0.3 is 6.09 Å². The molecule has 0 N–H and O–H groups in total. The maximum Gasteiger partial charge on any atom is 0.415 e. The van der Waals surface area contributed by atoms with Gasteiger partial charge in [-0.05, 0) is 44.1 Å². The molecule has 6 heterocycles. The Labute approximate surface area is 163 Å². The first-order valence-electron chi connectivity index (χ1n) is 9.49. The second-order valence-corrected chi connectivity index (χ2v) is 9.10. The number of thiophene rings is 1. The molecule has 6 nitrogen and oxygen atoms in total. The Morgan fingerprint density at radius 2 is 2.04 bits per heavy atom. The van der Waals surface area contributed by atoms with Gasteiger partial charge in [-0.15, -0.1) is 11.3 Å². The van der Waals surface area contributed by atoms with Gasteiger partial charge in [-0.25, -0.2) is 4.79 Å². The van der Waals surface area contributed by atoms with Gasteiger partial charge in [-0.2, -0.15) is 0 Å². The number of aromatic nitrogens is 1. The fourth-order valence-electron chi connectivity index (χ4n) is 4.62. The van der Waals surface area contributed by atoms with Crippen LogP contribution in [0.25, 0.3) is 10.4 Å². The van der Waals surface area contributed by atoms with Gasteiger partial charge in [0.2, 0.25) is 0 Å². The van der Waals surface area contributed by atoms with E-state index in [0.717, 1.165) is 53.6 Å². The lowest BCUT2D eigenvalue weighted by Crippen LogP contribution is -2.61. The summed E-state index contributed by atoms with van der Waals surface area (Å²) in [6.45, 7) is 3.83. The molecule has 4 aliphatic heterocycles. The topological polar surface area (TPSA) is 48.9 Å². The molecule has 0 radical (unpaired) electrons. The number of hydrogen-bond acceptors (Lipinski definition) is 6. The van der Waals surface area contributed by atoms with Crippen LogP contribution in [0.3, 0.4) is 0 Å². The van der Waals surface area contributed by atoms with Crippen molar-refractivity contribution in [1.29, 1.82) is 0 Å². The minimum atomic E-state index is -0.315. The SMILES string of the molecule is CN(C)c1cncc(-c2ccc(N3CC4(CN5CCC4CC5)OC3=O)s2)c1. The summed E-state index contributed by atoms with van der Waals surface area (Å²) in [7, 11) is 4.02. The predicted octanol–water partition coefficient (Wildman–Crippen LogP) is 3.30. The second-order valence-electron chi connectivity index (χ2n) is 8.03. The van der Waals surface area contributed by atoms with Crippen molar-refractivity contribution in [2.75, 3.05) is 50.1 Å². The summed E-state index contributed by atoms with van der Waals surface area (Å²) in [6, 6.07) is 6.23. The highest BCUT2D eigenvalue weighted by molar-refractivity contribution is 7.19. The molecule has 1 amide bonds.